The highest BCUT2D eigenvalue weighted by Crippen LogP contribution is 2.32. The minimum atomic E-state index is 0.622. The molecule has 0 aliphatic carbocycles. The molecular weight excluding hydrogens is 349 g/mol. The minimum absolute atomic E-state index is 0.622. The first-order valence-electron chi connectivity index (χ1n) is 5.05. The van der Waals surface area contributed by atoms with Gasteiger partial charge in [0.1, 0.15) is 11.5 Å². The zero-order valence-corrected chi connectivity index (χ0v) is 12.1. The maximum Gasteiger partial charge on any atom is 0.150 e. The summed E-state index contributed by atoms with van der Waals surface area (Å²) in [7, 11) is 0. The number of rotatable bonds is 2. The molecule has 2 aromatic rings. The quantitative estimate of drug-likeness (QED) is 0.627. The van der Waals surface area contributed by atoms with Gasteiger partial charge < -0.3 is 10.5 Å². The van der Waals surface area contributed by atoms with E-state index < -0.39 is 0 Å². The average molecular weight is 360 g/mol. The van der Waals surface area contributed by atoms with E-state index in [9.17, 15) is 0 Å². The van der Waals surface area contributed by atoms with Gasteiger partial charge in [-0.15, -0.1) is 0 Å². The van der Waals surface area contributed by atoms with Crippen LogP contribution >= 0.6 is 34.2 Å². The van der Waals surface area contributed by atoms with Crippen molar-refractivity contribution < 1.29 is 4.74 Å². The number of ether oxygens (including phenoxy) is 1. The molecule has 0 atom stereocenters. The molecule has 4 heteroatoms. The molecule has 2 nitrogen and oxygen atoms in total. The van der Waals surface area contributed by atoms with E-state index in [4.69, 9.17) is 22.1 Å². The third-order valence-corrected chi connectivity index (χ3v) is 3.25. The third-order valence-electron chi connectivity index (χ3n) is 2.34. The number of hydrogen-bond donors (Lipinski definition) is 1. The molecule has 17 heavy (non-hydrogen) atoms. The lowest BCUT2D eigenvalue weighted by Gasteiger charge is -2.11. The topological polar surface area (TPSA) is 35.2 Å². The van der Waals surface area contributed by atoms with Gasteiger partial charge in [0.2, 0.25) is 0 Å². The molecule has 2 rings (SSSR count). The van der Waals surface area contributed by atoms with Gasteiger partial charge >= 0.3 is 0 Å². The van der Waals surface area contributed by atoms with Crippen LogP contribution in [0.5, 0.6) is 11.5 Å². The number of anilines is 1. The number of nitrogen functional groups attached to an aromatic ring is 1. The Hall–Kier alpha value is -0.940. The van der Waals surface area contributed by atoms with Crippen LogP contribution in [0.1, 0.15) is 5.56 Å². The summed E-state index contributed by atoms with van der Waals surface area (Å²) in [6, 6.07) is 11.2. The Bertz CT molecular complexity index is 557. The summed E-state index contributed by atoms with van der Waals surface area (Å²) in [6.07, 6.45) is 0. The molecule has 0 heterocycles. The molecule has 0 saturated carbocycles. The van der Waals surface area contributed by atoms with E-state index in [1.807, 2.05) is 37.3 Å². The van der Waals surface area contributed by atoms with Crippen LogP contribution < -0.4 is 10.5 Å². The standard InChI is InChI=1S/C13H11ClINO/c1-8-2-3-9(14)6-13(8)17-12-5-4-10(15)7-11(12)16/h2-7H,16H2,1H3. The molecular formula is C13H11ClINO. The van der Waals surface area contributed by atoms with Gasteiger partial charge in [0.15, 0.2) is 0 Å². The van der Waals surface area contributed by atoms with Crippen LogP contribution in [0.2, 0.25) is 5.02 Å². The van der Waals surface area contributed by atoms with Gasteiger partial charge in [0.25, 0.3) is 0 Å². The molecule has 0 fully saturated rings. The normalized spacial score (nSPS) is 10.3. The number of benzene rings is 2. The molecule has 0 saturated heterocycles. The lowest BCUT2D eigenvalue weighted by atomic mass is 10.2. The van der Waals surface area contributed by atoms with Crippen LogP contribution in [0.25, 0.3) is 0 Å². The largest absolute Gasteiger partial charge is 0.455 e. The molecule has 88 valence electrons. The van der Waals surface area contributed by atoms with E-state index in [1.54, 1.807) is 6.07 Å². The highest BCUT2D eigenvalue weighted by Gasteiger charge is 2.05. The molecule has 0 aromatic heterocycles. The van der Waals surface area contributed by atoms with Crippen LogP contribution in [0.3, 0.4) is 0 Å². The molecule has 2 aromatic carbocycles. The van der Waals surface area contributed by atoms with Gasteiger partial charge in [-0.1, -0.05) is 17.7 Å². The van der Waals surface area contributed by atoms with E-state index in [-0.39, 0.29) is 0 Å². The summed E-state index contributed by atoms with van der Waals surface area (Å²) in [5.41, 5.74) is 7.54. The van der Waals surface area contributed by atoms with E-state index in [2.05, 4.69) is 22.6 Å². The van der Waals surface area contributed by atoms with Gasteiger partial charge in [-0.3, -0.25) is 0 Å². The van der Waals surface area contributed by atoms with Crippen molar-refractivity contribution in [1.29, 1.82) is 0 Å². The van der Waals surface area contributed by atoms with Crippen molar-refractivity contribution in [3.05, 3.63) is 50.6 Å². The highest BCUT2D eigenvalue weighted by atomic mass is 127. The Kier molecular flexibility index (Phi) is 3.79. The van der Waals surface area contributed by atoms with E-state index in [1.165, 1.54) is 0 Å². The van der Waals surface area contributed by atoms with Gasteiger partial charge in [-0.2, -0.15) is 0 Å². The zero-order valence-electron chi connectivity index (χ0n) is 9.21. The van der Waals surface area contributed by atoms with Crippen molar-refractivity contribution in [2.45, 2.75) is 6.92 Å². The Morgan fingerprint density at radius 1 is 1.12 bits per heavy atom. The zero-order chi connectivity index (χ0) is 12.4. The fourth-order valence-corrected chi connectivity index (χ4v) is 2.09. The number of aryl methyl sites for hydroxylation is 1. The maximum atomic E-state index is 5.94. The van der Waals surface area contributed by atoms with Gasteiger partial charge in [-0.25, -0.2) is 0 Å². The number of nitrogens with two attached hydrogens (primary N) is 1. The van der Waals surface area contributed by atoms with Crippen LogP contribution in [0.4, 0.5) is 5.69 Å². The Morgan fingerprint density at radius 3 is 2.59 bits per heavy atom. The molecule has 0 amide bonds. The van der Waals surface area contributed by atoms with Crippen molar-refractivity contribution in [2.75, 3.05) is 5.73 Å². The van der Waals surface area contributed by atoms with Crippen molar-refractivity contribution in [2.24, 2.45) is 0 Å². The lowest BCUT2D eigenvalue weighted by Crippen LogP contribution is -1.94. The Labute approximate surface area is 119 Å². The number of hydrogen-bond acceptors (Lipinski definition) is 2. The summed E-state index contributed by atoms with van der Waals surface area (Å²) < 4.78 is 6.84. The van der Waals surface area contributed by atoms with Crippen LogP contribution in [-0.2, 0) is 0 Å². The molecule has 0 radical (unpaired) electrons. The minimum Gasteiger partial charge on any atom is -0.455 e. The first-order valence-corrected chi connectivity index (χ1v) is 6.51. The second kappa shape index (κ2) is 5.14. The predicted octanol–water partition coefficient (Wildman–Crippen LogP) is 4.63. The molecule has 0 bridgehead atoms. The first kappa shape index (κ1) is 12.5. The fraction of sp³-hybridized carbons (Fsp3) is 0.0769. The second-order valence-corrected chi connectivity index (χ2v) is 5.38. The SMILES string of the molecule is Cc1ccc(Cl)cc1Oc1ccc(I)cc1N. The van der Waals surface area contributed by atoms with Gasteiger partial charge in [0.05, 0.1) is 5.69 Å². The highest BCUT2D eigenvalue weighted by molar-refractivity contribution is 14.1. The van der Waals surface area contributed by atoms with E-state index in [0.29, 0.717) is 16.5 Å². The molecule has 2 N–H and O–H groups in total. The third kappa shape index (κ3) is 3.04. The maximum absolute atomic E-state index is 5.94. The van der Waals surface area contributed by atoms with E-state index in [0.717, 1.165) is 14.9 Å². The molecule has 0 spiro atoms. The summed E-state index contributed by atoms with van der Waals surface area (Å²) >= 11 is 8.14. The Balaban J connectivity index is 2.34. The van der Waals surface area contributed by atoms with Crippen LogP contribution in [0, 0.1) is 10.5 Å². The van der Waals surface area contributed by atoms with E-state index >= 15 is 0 Å². The van der Waals surface area contributed by atoms with Crippen LogP contribution in [-0.4, -0.2) is 0 Å². The molecule has 0 unspecified atom stereocenters. The number of halogens is 2. The van der Waals surface area contributed by atoms with Crippen molar-refractivity contribution in [3.63, 3.8) is 0 Å². The smallest absolute Gasteiger partial charge is 0.150 e. The van der Waals surface area contributed by atoms with Crippen LogP contribution in [0.15, 0.2) is 36.4 Å². The predicted molar refractivity (Wildman–Crippen MR) is 79.8 cm³/mol. The Morgan fingerprint density at radius 2 is 1.88 bits per heavy atom. The summed E-state index contributed by atoms with van der Waals surface area (Å²) in [5, 5.41) is 0.648. The molecule has 0 aliphatic rings. The average Bonchev–Trinajstić information content (AvgIpc) is 2.27. The second-order valence-electron chi connectivity index (χ2n) is 3.69. The van der Waals surface area contributed by atoms with Crippen molar-refractivity contribution >= 4 is 39.9 Å². The van der Waals surface area contributed by atoms with Crippen molar-refractivity contribution in [3.8, 4) is 11.5 Å². The first-order chi connectivity index (χ1) is 8.06. The summed E-state index contributed by atoms with van der Waals surface area (Å²) in [5.74, 6) is 1.38. The summed E-state index contributed by atoms with van der Waals surface area (Å²) in [6.45, 7) is 1.97. The summed E-state index contributed by atoms with van der Waals surface area (Å²) in [4.78, 5) is 0. The van der Waals surface area contributed by atoms with Crippen molar-refractivity contribution in [1.82, 2.24) is 0 Å². The fourth-order valence-electron chi connectivity index (χ4n) is 1.41. The van der Waals surface area contributed by atoms with Gasteiger partial charge in [-0.05, 0) is 65.4 Å². The van der Waals surface area contributed by atoms with Gasteiger partial charge in [0, 0.05) is 8.59 Å². The monoisotopic (exact) mass is 359 g/mol. The molecule has 0 aliphatic heterocycles. The lowest BCUT2D eigenvalue weighted by molar-refractivity contribution is 0.481.